The Morgan fingerprint density at radius 2 is 1.67 bits per heavy atom. The molecule has 0 radical (unpaired) electrons. The van der Waals surface area contributed by atoms with Crippen LogP contribution in [0.1, 0.15) is 16.7 Å². The van der Waals surface area contributed by atoms with Crippen molar-refractivity contribution in [2.75, 3.05) is 14.2 Å². The molecule has 2 heterocycles. The predicted molar refractivity (Wildman–Crippen MR) is 77.8 cm³/mol. The predicted octanol–water partition coefficient (Wildman–Crippen LogP) is 3.29. The van der Waals surface area contributed by atoms with E-state index in [9.17, 15) is 0 Å². The molecule has 2 aromatic rings. The Hall–Kier alpha value is -2.20. The summed E-state index contributed by atoms with van der Waals surface area (Å²) in [5, 5.41) is 0. The molecule has 21 heavy (non-hydrogen) atoms. The summed E-state index contributed by atoms with van der Waals surface area (Å²) in [6, 6.07) is 8.15. The number of methoxy groups -OCH3 is 2. The summed E-state index contributed by atoms with van der Waals surface area (Å²) in [7, 11) is 3.28. The molecule has 2 aliphatic heterocycles. The first-order valence-electron chi connectivity index (χ1n) is 6.92. The molecule has 2 aromatic carbocycles. The molecule has 0 aliphatic carbocycles. The lowest BCUT2D eigenvalue weighted by atomic mass is 9.90. The van der Waals surface area contributed by atoms with Gasteiger partial charge in [-0.05, 0) is 28.3 Å². The van der Waals surface area contributed by atoms with Crippen LogP contribution in [0.2, 0.25) is 0 Å². The third-order valence-corrected chi connectivity index (χ3v) is 4.14. The van der Waals surface area contributed by atoms with Gasteiger partial charge < -0.3 is 18.9 Å². The van der Waals surface area contributed by atoms with E-state index in [0.717, 1.165) is 11.3 Å². The summed E-state index contributed by atoms with van der Waals surface area (Å²) in [6.45, 7) is 1.92. The summed E-state index contributed by atoms with van der Waals surface area (Å²) >= 11 is 0. The molecule has 108 valence electrons. The highest BCUT2D eigenvalue weighted by Gasteiger charge is 2.26. The lowest BCUT2D eigenvalue weighted by Crippen LogP contribution is -2.08. The maximum atomic E-state index is 5.88. The average Bonchev–Trinajstić information content (AvgIpc) is 3.01. The molecular formula is C17H16O4. The van der Waals surface area contributed by atoms with Gasteiger partial charge in [-0.25, -0.2) is 0 Å². The monoisotopic (exact) mass is 284 g/mol. The van der Waals surface area contributed by atoms with Gasteiger partial charge in [-0.15, -0.1) is 0 Å². The van der Waals surface area contributed by atoms with Crippen LogP contribution in [-0.4, -0.2) is 14.2 Å². The van der Waals surface area contributed by atoms with Crippen LogP contribution in [-0.2, 0) is 24.6 Å². The topological polar surface area (TPSA) is 36.9 Å². The summed E-state index contributed by atoms with van der Waals surface area (Å²) in [5.41, 5.74) is 6.00. The van der Waals surface area contributed by atoms with Crippen molar-refractivity contribution in [3.63, 3.8) is 0 Å². The van der Waals surface area contributed by atoms with Gasteiger partial charge in [-0.1, -0.05) is 12.1 Å². The van der Waals surface area contributed by atoms with Crippen molar-refractivity contribution in [2.24, 2.45) is 0 Å². The van der Waals surface area contributed by atoms with Crippen LogP contribution in [0.4, 0.5) is 0 Å². The van der Waals surface area contributed by atoms with Gasteiger partial charge in [0.1, 0.15) is 12.4 Å². The molecule has 0 spiro atoms. The van der Waals surface area contributed by atoms with Crippen LogP contribution in [0.5, 0.6) is 17.2 Å². The van der Waals surface area contributed by atoms with E-state index >= 15 is 0 Å². The van der Waals surface area contributed by atoms with E-state index in [-0.39, 0.29) is 0 Å². The number of hydrogen-bond donors (Lipinski definition) is 0. The van der Waals surface area contributed by atoms with Gasteiger partial charge in [-0.3, -0.25) is 0 Å². The Bertz CT molecular complexity index is 721. The summed E-state index contributed by atoms with van der Waals surface area (Å²) in [6.07, 6.45) is 0. The second-order valence-corrected chi connectivity index (χ2v) is 5.22. The smallest absolute Gasteiger partial charge is 0.164 e. The first-order chi connectivity index (χ1) is 10.3. The lowest BCUT2D eigenvalue weighted by molar-refractivity contribution is 0.134. The summed E-state index contributed by atoms with van der Waals surface area (Å²) in [5.74, 6) is 2.23. The van der Waals surface area contributed by atoms with Gasteiger partial charge in [0.25, 0.3) is 0 Å². The lowest BCUT2D eigenvalue weighted by Gasteiger charge is -2.24. The normalized spacial score (nSPS) is 14.8. The van der Waals surface area contributed by atoms with Crippen molar-refractivity contribution in [1.82, 2.24) is 0 Å². The molecular weight excluding hydrogens is 268 g/mol. The first-order valence-corrected chi connectivity index (χ1v) is 6.92. The summed E-state index contributed by atoms with van der Waals surface area (Å²) < 4.78 is 22.3. The molecule has 0 fully saturated rings. The Kier molecular flexibility index (Phi) is 2.79. The van der Waals surface area contributed by atoms with Crippen LogP contribution < -0.4 is 14.2 Å². The van der Waals surface area contributed by atoms with E-state index in [1.54, 1.807) is 14.2 Å². The third-order valence-electron chi connectivity index (χ3n) is 4.14. The van der Waals surface area contributed by atoms with E-state index in [4.69, 9.17) is 18.9 Å². The molecule has 4 rings (SSSR count). The Labute approximate surface area is 123 Å². The van der Waals surface area contributed by atoms with E-state index in [0.29, 0.717) is 31.3 Å². The summed E-state index contributed by atoms with van der Waals surface area (Å²) in [4.78, 5) is 0. The third kappa shape index (κ3) is 1.79. The number of ether oxygens (including phenoxy) is 4. The van der Waals surface area contributed by atoms with Gasteiger partial charge in [0.15, 0.2) is 11.5 Å². The molecule has 0 saturated carbocycles. The second kappa shape index (κ2) is 4.67. The highest BCUT2D eigenvalue weighted by Crippen LogP contribution is 2.47. The largest absolute Gasteiger partial charge is 0.493 e. The van der Waals surface area contributed by atoms with Crippen LogP contribution in [0, 0.1) is 0 Å². The van der Waals surface area contributed by atoms with Crippen molar-refractivity contribution in [3.8, 4) is 28.4 Å². The standard InChI is InChI=1S/C17H16O4/c1-18-15-5-12-14(6-16(15)19-2)21-8-11-4-3-10-7-20-9-13(10)17(11)12/h3-6H,7-9H2,1-2H3. The molecule has 0 aromatic heterocycles. The average molecular weight is 284 g/mol. The molecule has 0 bridgehead atoms. The van der Waals surface area contributed by atoms with Crippen molar-refractivity contribution in [2.45, 2.75) is 19.8 Å². The SMILES string of the molecule is COc1cc2c(cc1OC)-c1c(ccc3c1COC3)CO2. The van der Waals surface area contributed by atoms with Crippen LogP contribution in [0.25, 0.3) is 11.1 Å². The first kappa shape index (κ1) is 12.5. The van der Waals surface area contributed by atoms with Crippen molar-refractivity contribution in [3.05, 3.63) is 41.0 Å². The van der Waals surface area contributed by atoms with Gasteiger partial charge in [0, 0.05) is 11.6 Å². The number of benzene rings is 2. The van der Waals surface area contributed by atoms with Crippen LogP contribution in [0.15, 0.2) is 24.3 Å². The van der Waals surface area contributed by atoms with Crippen molar-refractivity contribution < 1.29 is 18.9 Å². The minimum absolute atomic E-state index is 0.575. The molecule has 4 nitrogen and oxygen atoms in total. The molecule has 0 N–H and O–H groups in total. The molecule has 0 unspecified atom stereocenters. The van der Waals surface area contributed by atoms with Gasteiger partial charge in [-0.2, -0.15) is 0 Å². The van der Waals surface area contributed by atoms with Crippen molar-refractivity contribution >= 4 is 0 Å². The molecule has 4 heteroatoms. The fourth-order valence-electron chi connectivity index (χ4n) is 3.09. The molecule has 0 atom stereocenters. The second-order valence-electron chi connectivity index (χ2n) is 5.22. The Morgan fingerprint density at radius 1 is 0.905 bits per heavy atom. The fourth-order valence-corrected chi connectivity index (χ4v) is 3.09. The van der Waals surface area contributed by atoms with Gasteiger partial charge in [0.2, 0.25) is 0 Å². The Balaban J connectivity index is 1.97. The van der Waals surface area contributed by atoms with Crippen molar-refractivity contribution in [1.29, 1.82) is 0 Å². The maximum Gasteiger partial charge on any atom is 0.164 e. The minimum atomic E-state index is 0.575. The highest BCUT2D eigenvalue weighted by molar-refractivity contribution is 5.81. The molecule has 0 saturated heterocycles. The quantitative estimate of drug-likeness (QED) is 0.848. The minimum Gasteiger partial charge on any atom is -0.493 e. The van der Waals surface area contributed by atoms with Crippen LogP contribution in [0.3, 0.4) is 0 Å². The van der Waals surface area contributed by atoms with Crippen LogP contribution >= 0.6 is 0 Å². The van der Waals surface area contributed by atoms with E-state index in [1.165, 1.54) is 22.3 Å². The maximum absolute atomic E-state index is 5.88. The number of hydrogen-bond acceptors (Lipinski definition) is 4. The zero-order chi connectivity index (χ0) is 14.4. The van der Waals surface area contributed by atoms with E-state index < -0.39 is 0 Å². The highest BCUT2D eigenvalue weighted by atomic mass is 16.5. The van der Waals surface area contributed by atoms with Gasteiger partial charge in [0.05, 0.1) is 27.4 Å². The zero-order valence-corrected chi connectivity index (χ0v) is 12.1. The van der Waals surface area contributed by atoms with E-state index in [1.807, 2.05) is 12.1 Å². The molecule has 0 amide bonds. The fraction of sp³-hybridized carbons (Fsp3) is 0.294. The Morgan fingerprint density at radius 3 is 2.48 bits per heavy atom. The number of fused-ring (bicyclic) bond motifs is 5. The number of rotatable bonds is 2. The zero-order valence-electron chi connectivity index (χ0n) is 12.1. The van der Waals surface area contributed by atoms with Gasteiger partial charge >= 0.3 is 0 Å². The van der Waals surface area contributed by atoms with E-state index in [2.05, 4.69) is 12.1 Å². The molecule has 2 aliphatic rings.